The SMILES string of the molecule is CC(C)(C)[S+]([O-])N[C@@H]1c2cc(Br)ccc2CC12CCN(C(=O)O)CC2. The number of fused-ring (bicyclic) bond motifs is 1. The Morgan fingerprint density at radius 1 is 1.40 bits per heavy atom. The molecular weight excluding hydrogens is 404 g/mol. The van der Waals surface area contributed by atoms with Crippen molar-refractivity contribution in [3.05, 3.63) is 33.8 Å². The Kier molecular flexibility index (Phi) is 5.14. The number of rotatable bonds is 2. The molecule has 2 atom stereocenters. The summed E-state index contributed by atoms with van der Waals surface area (Å²) in [4.78, 5) is 12.8. The molecule has 1 aromatic carbocycles. The van der Waals surface area contributed by atoms with E-state index in [1.807, 2.05) is 26.8 Å². The van der Waals surface area contributed by atoms with Gasteiger partial charge in [0.15, 0.2) is 0 Å². The molecular formula is C18H25BrN2O3S. The van der Waals surface area contributed by atoms with Crippen LogP contribution in [0, 0.1) is 5.41 Å². The topological polar surface area (TPSA) is 75.6 Å². The van der Waals surface area contributed by atoms with Crippen LogP contribution >= 0.6 is 15.9 Å². The zero-order chi connectivity index (χ0) is 18.4. The van der Waals surface area contributed by atoms with Crippen LogP contribution in [0.15, 0.2) is 22.7 Å². The average Bonchev–Trinajstić information content (AvgIpc) is 2.80. The Balaban J connectivity index is 1.91. The molecule has 0 radical (unpaired) electrons. The second-order valence-corrected chi connectivity index (χ2v) is 11.0. The van der Waals surface area contributed by atoms with Gasteiger partial charge in [-0.1, -0.05) is 22.0 Å². The number of likely N-dealkylation sites (tertiary alicyclic amines) is 1. The Morgan fingerprint density at radius 2 is 2.04 bits per heavy atom. The Bertz CT molecular complexity index is 669. The highest BCUT2D eigenvalue weighted by molar-refractivity contribution is 9.10. The van der Waals surface area contributed by atoms with Gasteiger partial charge in [-0.25, -0.2) is 4.79 Å². The summed E-state index contributed by atoms with van der Waals surface area (Å²) >= 11 is 2.37. The molecule has 0 saturated carbocycles. The van der Waals surface area contributed by atoms with E-state index in [2.05, 4.69) is 32.8 Å². The third-order valence-corrected chi connectivity index (χ3v) is 7.44. The first kappa shape index (κ1) is 19.0. The van der Waals surface area contributed by atoms with Crippen molar-refractivity contribution in [3.63, 3.8) is 0 Å². The molecule has 7 heteroatoms. The van der Waals surface area contributed by atoms with Crippen molar-refractivity contribution < 1.29 is 14.5 Å². The molecule has 1 aliphatic carbocycles. The number of carbonyl (C=O) groups is 1. The lowest BCUT2D eigenvalue weighted by Crippen LogP contribution is -2.50. The summed E-state index contributed by atoms with van der Waals surface area (Å²) in [6.45, 7) is 6.96. The maximum Gasteiger partial charge on any atom is 0.407 e. The van der Waals surface area contributed by atoms with E-state index in [9.17, 15) is 14.5 Å². The minimum absolute atomic E-state index is 0.0176. The van der Waals surface area contributed by atoms with Crippen molar-refractivity contribution in [2.24, 2.45) is 5.41 Å². The third kappa shape index (κ3) is 3.70. The number of halogens is 1. The smallest absolute Gasteiger partial charge is 0.407 e. The minimum atomic E-state index is -1.18. The summed E-state index contributed by atoms with van der Waals surface area (Å²) in [5.74, 6) is 0. The van der Waals surface area contributed by atoms with Crippen molar-refractivity contribution in [2.75, 3.05) is 13.1 Å². The normalized spacial score (nSPS) is 23.6. The van der Waals surface area contributed by atoms with Crippen LogP contribution < -0.4 is 4.72 Å². The molecule has 3 rings (SSSR count). The van der Waals surface area contributed by atoms with Crippen molar-refractivity contribution in [3.8, 4) is 0 Å². The van der Waals surface area contributed by atoms with Crippen molar-refractivity contribution in [1.82, 2.24) is 9.62 Å². The summed E-state index contributed by atoms with van der Waals surface area (Å²) in [6, 6.07) is 6.27. The fourth-order valence-electron chi connectivity index (χ4n) is 3.89. The fourth-order valence-corrected chi connectivity index (χ4v) is 5.21. The number of amides is 1. The van der Waals surface area contributed by atoms with Crippen LogP contribution in [0.2, 0.25) is 0 Å². The highest BCUT2D eigenvalue weighted by atomic mass is 79.9. The summed E-state index contributed by atoms with van der Waals surface area (Å²) in [5.41, 5.74) is 2.39. The van der Waals surface area contributed by atoms with Gasteiger partial charge in [-0.15, -0.1) is 4.72 Å². The van der Waals surface area contributed by atoms with Crippen LogP contribution in [0.1, 0.15) is 50.8 Å². The van der Waals surface area contributed by atoms with Gasteiger partial charge in [-0.2, -0.15) is 0 Å². The number of piperidine rings is 1. The number of nitrogens with zero attached hydrogens (tertiary/aromatic N) is 1. The Hall–Kier alpha value is -0.760. The van der Waals surface area contributed by atoms with Gasteiger partial charge in [0, 0.05) is 34.3 Å². The van der Waals surface area contributed by atoms with E-state index in [0.29, 0.717) is 13.1 Å². The molecule has 1 spiro atoms. The maximum atomic E-state index is 12.8. The maximum absolute atomic E-state index is 12.8. The highest BCUT2D eigenvalue weighted by Crippen LogP contribution is 2.53. The first-order valence-corrected chi connectivity index (χ1v) is 10.5. The third-order valence-electron chi connectivity index (χ3n) is 5.38. The predicted molar refractivity (Wildman–Crippen MR) is 103 cm³/mol. The van der Waals surface area contributed by atoms with E-state index in [4.69, 9.17) is 0 Å². The van der Waals surface area contributed by atoms with Gasteiger partial charge in [0.1, 0.15) is 4.75 Å². The van der Waals surface area contributed by atoms with E-state index in [-0.39, 0.29) is 16.2 Å². The van der Waals surface area contributed by atoms with Gasteiger partial charge >= 0.3 is 6.09 Å². The molecule has 1 amide bonds. The Labute approximate surface area is 160 Å². The molecule has 5 nitrogen and oxygen atoms in total. The Morgan fingerprint density at radius 3 is 2.60 bits per heavy atom. The van der Waals surface area contributed by atoms with E-state index >= 15 is 0 Å². The summed E-state index contributed by atoms with van der Waals surface area (Å²) in [6.07, 6.45) is 1.62. The lowest BCUT2D eigenvalue weighted by atomic mass is 9.73. The van der Waals surface area contributed by atoms with Crippen molar-refractivity contribution in [1.29, 1.82) is 0 Å². The van der Waals surface area contributed by atoms with Gasteiger partial charge in [0.2, 0.25) is 0 Å². The largest absolute Gasteiger partial charge is 0.598 e. The van der Waals surface area contributed by atoms with Crippen LogP contribution in [0.3, 0.4) is 0 Å². The van der Waals surface area contributed by atoms with Gasteiger partial charge in [0.05, 0.1) is 6.04 Å². The van der Waals surface area contributed by atoms with Crippen molar-refractivity contribution in [2.45, 2.75) is 50.8 Å². The van der Waals surface area contributed by atoms with E-state index in [1.54, 1.807) is 0 Å². The highest BCUT2D eigenvalue weighted by Gasteiger charge is 2.50. The van der Waals surface area contributed by atoms with Gasteiger partial charge < -0.3 is 14.6 Å². The minimum Gasteiger partial charge on any atom is -0.598 e. The first-order chi connectivity index (χ1) is 11.6. The van der Waals surface area contributed by atoms with E-state index < -0.39 is 17.5 Å². The lowest BCUT2D eigenvalue weighted by Gasteiger charge is -2.43. The first-order valence-electron chi connectivity index (χ1n) is 8.57. The van der Waals surface area contributed by atoms with Gasteiger partial charge in [0.25, 0.3) is 0 Å². The van der Waals surface area contributed by atoms with Crippen LogP contribution in [0.25, 0.3) is 0 Å². The zero-order valence-corrected chi connectivity index (χ0v) is 17.2. The van der Waals surface area contributed by atoms with Gasteiger partial charge in [-0.3, -0.25) is 0 Å². The molecule has 1 heterocycles. The molecule has 138 valence electrons. The number of hydrogen-bond acceptors (Lipinski definition) is 3. The van der Waals surface area contributed by atoms with Gasteiger partial charge in [-0.05, 0) is 63.3 Å². The second-order valence-electron chi connectivity index (χ2n) is 8.08. The van der Waals surface area contributed by atoms with Crippen LogP contribution in [0.5, 0.6) is 0 Å². The molecule has 1 aromatic rings. The summed E-state index contributed by atoms with van der Waals surface area (Å²) in [7, 11) is 0. The molecule has 2 N–H and O–H groups in total. The molecule has 0 aromatic heterocycles. The van der Waals surface area contributed by atoms with Crippen LogP contribution in [-0.4, -0.2) is 38.5 Å². The molecule has 0 bridgehead atoms. The number of nitrogens with one attached hydrogen (secondary N) is 1. The summed E-state index contributed by atoms with van der Waals surface area (Å²) < 4.78 is 16.9. The fraction of sp³-hybridized carbons (Fsp3) is 0.611. The van der Waals surface area contributed by atoms with Crippen LogP contribution in [0.4, 0.5) is 4.79 Å². The molecule has 1 aliphatic heterocycles. The quantitative estimate of drug-likeness (QED) is 0.701. The number of carboxylic acid groups (broad SMARTS) is 1. The number of hydrogen-bond donors (Lipinski definition) is 2. The molecule has 1 fully saturated rings. The standard InChI is InChI=1S/C18H25BrN2O3S/c1-17(2,3)25(24)20-15-14-10-13(19)5-4-12(14)11-18(15)6-8-21(9-7-18)16(22)23/h4-5,10,15,20H,6-9,11H2,1-3H3,(H,22,23)/t15-,25?/m1/s1. The lowest BCUT2D eigenvalue weighted by molar-refractivity contribution is 0.0764. The van der Waals surface area contributed by atoms with E-state index in [0.717, 1.165) is 23.7 Å². The second kappa shape index (κ2) is 6.76. The summed E-state index contributed by atoms with van der Waals surface area (Å²) in [5, 5.41) is 9.25. The predicted octanol–water partition coefficient (Wildman–Crippen LogP) is 3.86. The van der Waals surface area contributed by atoms with Crippen LogP contribution in [-0.2, 0) is 17.8 Å². The monoisotopic (exact) mass is 428 g/mol. The molecule has 1 saturated heterocycles. The molecule has 2 aliphatic rings. The van der Waals surface area contributed by atoms with E-state index in [1.165, 1.54) is 16.0 Å². The van der Waals surface area contributed by atoms with Crippen molar-refractivity contribution >= 4 is 33.4 Å². The molecule has 25 heavy (non-hydrogen) atoms. The zero-order valence-electron chi connectivity index (χ0n) is 14.8. The average molecular weight is 429 g/mol. The number of benzene rings is 1. The molecule has 1 unspecified atom stereocenters.